The van der Waals surface area contributed by atoms with Gasteiger partial charge < -0.3 is 16.2 Å². The first-order valence-electron chi connectivity index (χ1n) is 4.05. The Kier molecular flexibility index (Phi) is 6.53. The number of hydrogen-bond acceptors (Lipinski definition) is 3. The Labute approximate surface area is 76.6 Å². The number of nitrogens with two attached hydrogens (primary N) is 1. The first-order valence-corrected chi connectivity index (χ1v) is 4.05. The minimum Gasteiger partial charge on any atom is -0.478 e. The topological polar surface area (TPSA) is 92.4 Å². The minimum absolute atomic E-state index is 0.389. The number of carbonyl (C=O) groups is 2. The van der Waals surface area contributed by atoms with Gasteiger partial charge in [0.05, 0.1) is 0 Å². The lowest BCUT2D eigenvalue weighted by molar-refractivity contribution is -0.131. The lowest BCUT2D eigenvalue weighted by Crippen LogP contribution is -2.22. The highest BCUT2D eigenvalue weighted by molar-refractivity contribution is 5.93. The number of carboxylic acids is 1. The molecule has 0 aromatic rings. The maximum absolute atomic E-state index is 10.8. The molecule has 0 aliphatic carbocycles. The van der Waals surface area contributed by atoms with Crippen LogP contribution in [0.2, 0.25) is 0 Å². The van der Waals surface area contributed by atoms with Crippen LogP contribution >= 0.6 is 0 Å². The summed E-state index contributed by atoms with van der Waals surface area (Å²) in [7, 11) is 0. The van der Waals surface area contributed by atoms with Gasteiger partial charge in [-0.05, 0) is 19.4 Å². The molecule has 0 spiro atoms. The highest BCUT2D eigenvalue weighted by Gasteiger charge is 1.94. The Morgan fingerprint density at radius 1 is 1.31 bits per heavy atom. The number of hydrogen-bond donors (Lipinski definition) is 3. The summed E-state index contributed by atoms with van der Waals surface area (Å²) in [6.45, 7) is 1.13. The molecule has 5 nitrogen and oxygen atoms in total. The van der Waals surface area contributed by atoms with Crippen molar-refractivity contribution in [3.05, 3.63) is 12.2 Å². The molecule has 0 rings (SSSR count). The van der Waals surface area contributed by atoms with Crippen LogP contribution in [0.5, 0.6) is 0 Å². The monoisotopic (exact) mass is 186 g/mol. The van der Waals surface area contributed by atoms with E-state index in [1.165, 1.54) is 0 Å². The van der Waals surface area contributed by atoms with Crippen LogP contribution in [0.1, 0.15) is 12.8 Å². The fourth-order valence-corrected chi connectivity index (χ4v) is 0.687. The van der Waals surface area contributed by atoms with E-state index >= 15 is 0 Å². The molecule has 0 aromatic heterocycles. The third kappa shape index (κ3) is 8.55. The van der Waals surface area contributed by atoms with E-state index in [4.69, 9.17) is 10.8 Å². The van der Waals surface area contributed by atoms with Crippen LogP contribution in [0.25, 0.3) is 0 Å². The largest absolute Gasteiger partial charge is 0.478 e. The van der Waals surface area contributed by atoms with E-state index in [9.17, 15) is 9.59 Å². The summed E-state index contributed by atoms with van der Waals surface area (Å²) >= 11 is 0. The summed E-state index contributed by atoms with van der Waals surface area (Å²) in [5.41, 5.74) is 5.24. The van der Waals surface area contributed by atoms with Gasteiger partial charge in [-0.25, -0.2) is 4.79 Å². The molecular weight excluding hydrogens is 172 g/mol. The second-order valence-electron chi connectivity index (χ2n) is 2.46. The van der Waals surface area contributed by atoms with Gasteiger partial charge in [0.2, 0.25) is 5.91 Å². The molecule has 0 aliphatic rings. The third-order valence-corrected chi connectivity index (χ3v) is 1.31. The maximum atomic E-state index is 10.8. The number of unbranched alkanes of at least 4 members (excludes halogenated alkanes) is 1. The van der Waals surface area contributed by atoms with Crippen molar-refractivity contribution in [1.82, 2.24) is 5.32 Å². The van der Waals surface area contributed by atoms with E-state index < -0.39 is 5.97 Å². The number of carboxylic acid groups (broad SMARTS) is 1. The highest BCUT2D eigenvalue weighted by atomic mass is 16.4. The van der Waals surface area contributed by atoms with Gasteiger partial charge in [-0.3, -0.25) is 4.79 Å². The molecule has 0 aromatic carbocycles. The van der Waals surface area contributed by atoms with E-state index in [0.29, 0.717) is 13.1 Å². The highest BCUT2D eigenvalue weighted by Crippen LogP contribution is 1.82. The summed E-state index contributed by atoms with van der Waals surface area (Å²) < 4.78 is 0. The molecule has 13 heavy (non-hydrogen) atoms. The Balaban J connectivity index is 3.46. The molecule has 4 N–H and O–H groups in total. The Hall–Kier alpha value is -1.36. The minimum atomic E-state index is -1.13. The van der Waals surface area contributed by atoms with Crippen molar-refractivity contribution in [1.29, 1.82) is 0 Å². The molecule has 74 valence electrons. The molecule has 1 amide bonds. The van der Waals surface area contributed by atoms with Gasteiger partial charge in [0.15, 0.2) is 0 Å². The lowest BCUT2D eigenvalue weighted by Gasteiger charge is -1.99. The van der Waals surface area contributed by atoms with Gasteiger partial charge in [-0.1, -0.05) is 0 Å². The summed E-state index contributed by atoms with van der Waals surface area (Å²) in [6.07, 6.45) is 3.45. The molecule has 0 bridgehead atoms. The predicted octanol–water partition coefficient (Wildman–Crippen LogP) is -0.518. The van der Waals surface area contributed by atoms with Crippen molar-refractivity contribution in [3.63, 3.8) is 0 Å². The second-order valence-corrected chi connectivity index (χ2v) is 2.46. The zero-order valence-corrected chi connectivity index (χ0v) is 7.32. The maximum Gasteiger partial charge on any atom is 0.328 e. The van der Waals surface area contributed by atoms with E-state index in [2.05, 4.69) is 5.32 Å². The normalized spacial score (nSPS) is 10.2. The van der Waals surface area contributed by atoms with Crippen LogP contribution in [0, 0.1) is 0 Å². The van der Waals surface area contributed by atoms with Crippen LogP contribution in [0.15, 0.2) is 12.2 Å². The quantitative estimate of drug-likeness (QED) is 0.384. The van der Waals surface area contributed by atoms with Crippen LogP contribution < -0.4 is 11.1 Å². The number of nitrogens with one attached hydrogen (secondary N) is 1. The second kappa shape index (κ2) is 7.30. The van der Waals surface area contributed by atoms with Crippen molar-refractivity contribution < 1.29 is 14.7 Å². The van der Waals surface area contributed by atoms with E-state index in [1.807, 2.05) is 0 Å². The van der Waals surface area contributed by atoms with Gasteiger partial charge in [-0.2, -0.15) is 0 Å². The fourth-order valence-electron chi connectivity index (χ4n) is 0.687. The van der Waals surface area contributed by atoms with E-state index in [-0.39, 0.29) is 5.91 Å². The van der Waals surface area contributed by atoms with Crippen molar-refractivity contribution in [2.45, 2.75) is 12.8 Å². The van der Waals surface area contributed by atoms with Gasteiger partial charge in [0, 0.05) is 18.7 Å². The molecule has 0 fully saturated rings. The van der Waals surface area contributed by atoms with Crippen LogP contribution in [0.4, 0.5) is 0 Å². The van der Waals surface area contributed by atoms with Crippen LogP contribution in [-0.4, -0.2) is 30.1 Å². The van der Waals surface area contributed by atoms with E-state index in [0.717, 1.165) is 25.0 Å². The molecular formula is C8H14N2O3. The molecule has 0 unspecified atom stereocenters. The van der Waals surface area contributed by atoms with Crippen LogP contribution in [0.3, 0.4) is 0 Å². The Morgan fingerprint density at radius 3 is 2.54 bits per heavy atom. The Bertz CT molecular complexity index is 202. The average Bonchev–Trinajstić information content (AvgIpc) is 2.09. The average molecular weight is 186 g/mol. The number of amides is 1. The van der Waals surface area contributed by atoms with Crippen molar-refractivity contribution in [2.24, 2.45) is 5.73 Å². The summed E-state index contributed by atoms with van der Waals surface area (Å²) in [4.78, 5) is 20.8. The van der Waals surface area contributed by atoms with Crippen molar-refractivity contribution in [2.75, 3.05) is 13.1 Å². The number of aliphatic carboxylic acids is 1. The predicted molar refractivity (Wildman–Crippen MR) is 48.1 cm³/mol. The van der Waals surface area contributed by atoms with E-state index in [1.54, 1.807) is 0 Å². The fraction of sp³-hybridized carbons (Fsp3) is 0.500. The zero-order chi connectivity index (χ0) is 10.1. The first-order chi connectivity index (χ1) is 6.16. The third-order valence-electron chi connectivity index (χ3n) is 1.31. The van der Waals surface area contributed by atoms with Gasteiger partial charge in [0.25, 0.3) is 0 Å². The zero-order valence-electron chi connectivity index (χ0n) is 7.32. The van der Waals surface area contributed by atoms with Crippen LogP contribution in [-0.2, 0) is 9.59 Å². The SMILES string of the molecule is NCCCCNC(=O)/C=C\C(=O)O. The standard InChI is InChI=1S/C8H14N2O3/c9-5-1-2-6-10-7(11)3-4-8(12)13/h3-4H,1-2,5-6,9H2,(H,10,11)(H,12,13)/b4-3-. The molecule has 0 heterocycles. The van der Waals surface area contributed by atoms with Crippen molar-refractivity contribution >= 4 is 11.9 Å². The van der Waals surface area contributed by atoms with Crippen molar-refractivity contribution in [3.8, 4) is 0 Å². The lowest BCUT2D eigenvalue weighted by atomic mass is 10.3. The number of carbonyl (C=O) groups excluding carboxylic acids is 1. The van der Waals surface area contributed by atoms with Gasteiger partial charge >= 0.3 is 5.97 Å². The van der Waals surface area contributed by atoms with Gasteiger partial charge in [0.1, 0.15) is 0 Å². The smallest absolute Gasteiger partial charge is 0.328 e. The summed E-state index contributed by atoms with van der Waals surface area (Å²) in [6, 6.07) is 0. The molecule has 0 atom stereocenters. The molecule has 0 radical (unpaired) electrons. The first kappa shape index (κ1) is 11.6. The summed E-state index contributed by atoms with van der Waals surface area (Å²) in [5.74, 6) is -1.52. The summed E-state index contributed by atoms with van der Waals surface area (Å²) in [5, 5.41) is 10.7. The molecule has 0 saturated heterocycles. The molecule has 0 aliphatic heterocycles. The number of rotatable bonds is 6. The Morgan fingerprint density at radius 2 is 2.00 bits per heavy atom. The molecule has 5 heteroatoms. The van der Waals surface area contributed by atoms with Gasteiger partial charge in [-0.15, -0.1) is 0 Å². The molecule has 0 saturated carbocycles.